The largest absolute Gasteiger partial charge is 0.508 e. The van der Waals surface area contributed by atoms with Gasteiger partial charge in [0.15, 0.2) is 5.60 Å². The summed E-state index contributed by atoms with van der Waals surface area (Å²) in [5.41, 5.74) is 2.67. The molecule has 1 aliphatic heterocycles. The minimum atomic E-state index is -1.65. The molecule has 0 radical (unpaired) electrons. The highest BCUT2D eigenvalue weighted by atomic mass is 16.6. The van der Waals surface area contributed by atoms with Crippen LogP contribution in [-0.4, -0.2) is 27.3 Å². The van der Waals surface area contributed by atoms with Crippen molar-refractivity contribution in [2.75, 3.05) is 0 Å². The lowest BCUT2D eigenvalue weighted by molar-refractivity contribution is 0.0235. The van der Waals surface area contributed by atoms with Crippen LogP contribution in [0.5, 0.6) is 11.5 Å². The van der Waals surface area contributed by atoms with Crippen LogP contribution in [-0.2, 0) is 36.0 Å². The highest BCUT2D eigenvalue weighted by Gasteiger charge is 2.54. The number of aryl methyl sites for hydroxylation is 2. The van der Waals surface area contributed by atoms with Gasteiger partial charge >= 0.3 is 11.9 Å². The molecule has 0 fully saturated rings. The number of carbonyl (C=O) groups is 2. The van der Waals surface area contributed by atoms with Crippen LogP contribution in [0, 0.1) is 0 Å². The van der Waals surface area contributed by atoms with Crippen molar-refractivity contribution in [3.63, 3.8) is 0 Å². The van der Waals surface area contributed by atoms with Crippen LogP contribution in [0.1, 0.15) is 87.4 Å². The summed E-state index contributed by atoms with van der Waals surface area (Å²) in [4.78, 5) is 25.9. The average molecular weight is 475 g/mol. The number of cyclic esters (lactones) is 1. The third-order valence-electron chi connectivity index (χ3n) is 7.03. The van der Waals surface area contributed by atoms with Crippen molar-refractivity contribution in [1.29, 1.82) is 0 Å². The number of hydrogen-bond acceptors (Lipinski definition) is 5. The van der Waals surface area contributed by atoms with E-state index in [0.717, 1.165) is 11.1 Å². The van der Waals surface area contributed by atoms with Crippen LogP contribution in [0.3, 0.4) is 0 Å². The topological polar surface area (TPSA) is 104 Å². The number of fused-ring (bicyclic) bond motifs is 1. The molecule has 3 aromatic rings. The number of rotatable bonds is 7. The summed E-state index contributed by atoms with van der Waals surface area (Å²) >= 11 is 0. The molecule has 6 nitrogen and oxygen atoms in total. The lowest BCUT2D eigenvalue weighted by Gasteiger charge is -2.37. The van der Waals surface area contributed by atoms with E-state index in [-0.39, 0.29) is 28.2 Å². The Balaban J connectivity index is 2.36. The molecule has 0 saturated heterocycles. The van der Waals surface area contributed by atoms with E-state index in [0.29, 0.717) is 47.9 Å². The number of esters is 1. The zero-order chi connectivity index (χ0) is 25.5. The van der Waals surface area contributed by atoms with Crippen molar-refractivity contribution < 1.29 is 29.6 Å². The Hall–Kier alpha value is -3.80. The standard InChI is InChI=1S/C29H30O6/c1-5-16-12-14-22(30)18(7-3)24(16)29(25-17(6-2)13-15-23(31)19(25)8-4)26-20(27(32)33)10-9-11-21(26)28(34)35-29/h9-15,30-31H,5-8H2,1-4H3,(H,32,33). The fourth-order valence-corrected chi connectivity index (χ4v) is 5.55. The van der Waals surface area contributed by atoms with Gasteiger partial charge in [-0.2, -0.15) is 0 Å². The second kappa shape index (κ2) is 9.10. The molecule has 0 spiro atoms. The van der Waals surface area contributed by atoms with E-state index in [1.807, 2.05) is 27.7 Å². The van der Waals surface area contributed by atoms with Gasteiger partial charge in [-0.15, -0.1) is 0 Å². The molecule has 0 aliphatic carbocycles. The lowest BCUT2D eigenvalue weighted by Crippen LogP contribution is -2.36. The lowest BCUT2D eigenvalue weighted by atomic mass is 9.70. The Morgan fingerprint density at radius 2 is 1.29 bits per heavy atom. The molecule has 4 rings (SSSR count). The van der Waals surface area contributed by atoms with Gasteiger partial charge in [0, 0.05) is 27.8 Å². The summed E-state index contributed by atoms with van der Waals surface area (Å²) in [5, 5.41) is 32.1. The predicted molar refractivity (Wildman–Crippen MR) is 132 cm³/mol. The summed E-state index contributed by atoms with van der Waals surface area (Å²) in [6.45, 7) is 7.73. The Morgan fingerprint density at radius 3 is 1.71 bits per heavy atom. The molecule has 0 saturated carbocycles. The zero-order valence-electron chi connectivity index (χ0n) is 20.4. The second-order valence-corrected chi connectivity index (χ2v) is 8.71. The van der Waals surface area contributed by atoms with Crippen LogP contribution in [0.15, 0.2) is 42.5 Å². The van der Waals surface area contributed by atoms with Gasteiger partial charge in [0.2, 0.25) is 0 Å². The molecule has 1 aliphatic rings. The molecule has 6 heteroatoms. The van der Waals surface area contributed by atoms with E-state index >= 15 is 0 Å². The van der Waals surface area contributed by atoms with Crippen LogP contribution < -0.4 is 0 Å². The molecule has 0 aromatic heterocycles. The maximum atomic E-state index is 13.4. The van der Waals surface area contributed by atoms with E-state index in [9.17, 15) is 24.9 Å². The van der Waals surface area contributed by atoms with E-state index in [2.05, 4.69) is 0 Å². The monoisotopic (exact) mass is 474 g/mol. The first-order valence-corrected chi connectivity index (χ1v) is 12.0. The van der Waals surface area contributed by atoms with Gasteiger partial charge in [0.25, 0.3) is 0 Å². The number of carboxylic acid groups (broad SMARTS) is 1. The van der Waals surface area contributed by atoms with E-state index < -0.39 is 17.5 Å². The summed E-state index contributed by atoms with van der Waals surface area (Å²) < 4.78 is 6.34. The third kappa shape index (κ3) is 3.47. The summed E-state index contributed by atoms with van der Waals surface area (Å²) in [6, 6.07) is 11.4. The predicted octanol–water partition coefficient (Wildman–Crippen LogP) is 5.51. The number of hydrogen-bond donors (Lipinski definition) is 3. The number of carboxylic acids is 1. The Labute approximate surface area is 204 Å². The Bertz CT molecular complexity index is 1280. The number of ether oxygens (including phenoxy) is 1. The van der Waals surface area contributed by atoms with Crippen LogP contribution >= 0.6 is 0 Å². The molecule has 35 heavy (non-hydrogen) atoms. The molecule has 0 unspecified atom stereocenters. The Kier molecular flexibility index (Phi) is 6.32. The fourth-order valence-electron chi connectivity index (χ4n) is 5.55. The fraction of sp³-hybridized carbons (Fsp3) is 0.310. The summed E-state index contributed by atoms with van der Waals surface area (Å²) in [7, 11) is 0. The smallest absolute Gasteiger partial charge is 0.340 e. The number of aromatic carboxylic acids is 1. The van der Waals surface area contributed by atoms with Gasteiger partial charge in [-0.25, -0.2) is 9.59 Å². The van der Waals surface area contributed by atoms with Crippen LogP contribution in [0.2, 0.25) is 0 Å². The van der Waals surface area contributed by atoms with Crippen molar-refractivity contribution in [1.82, 2.24) is 0 Å². The maximum Gasteiger partial charge on any atom is 0.340 e. The van der Waals surface area contributed by atoms with Gasteiger partial charge in [-0.3, -0.25) is 0 Å². The van der Waals surface area contributed by atoms with Crippen LogP contribution in [0.25, 0.3) is 0 Å². The normalized spacial score (nSPS) is 14.0. The van der Waals surface area contributed by atoms with E-state index in [4.69, 9.17) is 4.74 Å². The minimum absolute atomic E-state index is 0.0479. The first kappa shape index (κ1) is 24.3. The first-order chi connectivity index (χ1) is 16.8. The summed E-state index contributed by atoms with van der Waals surface area (Å²) in [6.07, 6.45) is 1.99. The molecule has 3 N–H and O–H groups in total. The molecule has 0 atom stereocenters. The first-order valence-electron chi connectivity index (χ1n) is 12.0. The highest BCUT2D eigenvalue weighted by Crippen LogP contribution is 2.54. The molecule has 1 heterocycles. The Morgan fingerprint density at radius 1 is 0.771 bits per heavy atom. The number of phenols is 2. The van der Waals surface area contributed by atoms with Crippen molar-refractivity contribution >= 4 is 11.9 Å². The van der Waals surface area contributed by atoms with Crippen LogP contribution in [0.4, 0.5) is 0 Å². The zero-order valence-corrected chi connectivity index (χ0v) is 20.4. The van der Waals surface area contributed by atoms with Crippen molar-refractivity contribution in [3.8, 4) is 11.5 Å². The number of aromatic hydroxyl groups is 2. The highest BCUT2D eigenvalue weighted by molar-refractivity contribution is 6.02. The van der Waals surface area contributed by atoms with E-state index in [1.165, 1.54) is 12.1 Å². The molecular weight excluding hydrogens is 444 g/mol. The van der Waals surface area contributed by atoms with Gasteiger partial charge in [-0.05, 0) is 61.1 Å². The summed E-state index contributed by atoms with van der Waals surface area (Å²) in [5.74, 6) is -1.72. The van der Waals surface area contributed by atoms with Crippen molar-refractivity contribution in [2.24, 2.45) is 0 Å². The van der Waals surface area contributed by atoms with Gasteiger partial charge in [0.05, 0.1) is 11.1 Å². The van der Waals surface area contributed by atoms with Gasteiger partial charge in [0.1, 0.15) is 11.5 Å². The maximum absolute atomic E-state index is 13.4. The molecule has 0 amide bonds. The SMILES string of the molecule is CCc1ccc(O)c(CC)c1C1(c2c(CC)ccc(O)c2CC)OC(=O)c2cccc(C(=O)O)c21. The van der Waals surface area contributed by atoms with E-state index in [1.54, 1.807) is 30.3 Å². The minimum Gasteiger partial charge on any atom is -0.508 e. The van der Waals surface area contributed by atoms with Gasteiger partial charge < -0.3 is 20.1 Å². The second-order valence-electron chi connectivity index (χ2n) is 8.71. The van der Waals surface area contributed by atoms with Crippen molar-refractivity contribution in [3.05, 3.63) is 92.5 Å². The van der Waals surface area contributed by atoms with Gasteiger partial charge in [-0.1, -0.05) is 45.9 Å². The quantitative estimate of drug-likeness (QED) is 0.390. The number of carbonyl (C=O) groups excluding carboxylic acids is 1. The average Bonchev–Trinajstić information content (AvgIpc) is 3.16. The number of benzene rings is 3. The molecule has 182 valence electrons. The molecular formula is C29H30O6. The number of phenolic OH excluding ortho intramolecular Hbond substituents is 2. The van der Waals surface area contributed by atoms with Crippen molar-refractivity contribution in [2.45, 2.75) is 59.0 Å². The molecule has 0 bridgehead atoms. The molecule has 3 aromatic carbocycles. The third-order valence-corrected chi connectivity index (χ3v) is 7.03.